The number of nitrogens with one attached hydrogen (secondary N) is 5. The Morgan fingerprint density at radius 1 is 0.813 bits per heavy atom. The number of aryl methyl sites for hydroxylation is 1. The Kier molecular flexibility index (Phi) is 18.4. The largest absolute Gasteiger partial charge is 0.507 e. The molecule has 478 valence electrons. The third-order valence-electron chi connectivity index (χ3n) is 20.2. The van der Waals surface area contributed by atoms with Crippen LogP contribution in [0.5, 0.6) is 28.7 Å². The fourth-order valence-corrected chi connectivity index (χ4v) is 16.1. The molecule has 4 heterocycles. The Bertz CT molecular complexity index is 3870. The summed E-state index contributed by atoms with van der Waals surface area (Å²) < 4.78 is 29.3. The molecular weight excluding hydrogens is 1140 g/mol. The second kappa shape index (κ2) is 26.8. The van der Waals surface area contributed by atoms with E-state index in [1.54, 1.807) is 0 Å². The zero-order valence-electron chi connectivity index (χ0n) is 52.9. The van der Waals surface area contributed by atoms with Crippen LogP contribution in [0, 0.1) is 17.8 Å². The molecule has 7 aromatic rings. The van der Waals surface area contributed by atoms with Crippen LogP contribution in [0.2, 0.25) is 0 Å². The van der Waals surface area contributed by atoms with E-state index in [1.807, 2.05) is 50.5 Å². The summed E-state index contributed by atoms with van der Waals surface area (Å²) in [6.07, 6.45) is 8.59. The molecule has 91 heavy (non-hydrogen) atoms. The number of aromatic hydroxyl groups is 2. The Hall–Kier alpha value is -7.20. The molecule has 0 saturated heterocycles. The molecule has 2 bridgehead atoms. The fourth-order valence-electron chi connectivity index (χ4n) is 16.1. The predicted octanol–water partition coefficient (Wildman–Crippen LogP) is 10.2. The third kappa shape index (κ3) is 12.4. The van der Waals surface area contributed by atoms with Crippen LogP contribution in [0.25, 0.3) is 28.1 Å². The molecule has 6 aromatic carbocycles. The smallest absolute Gasteiger partial charge is 0.162 e. The average Bonchev–Trinajstić information content (AvgIpc) is 0.917. The van der Waals surface area contributed by atoms with Crippen LogP contribution >= 0.6 is 0 Å². The Balaban J connectivity index is 0.993. The van der Waals surface area contributed by atoms with Crippen molar-refractivity contribution in [2.75, 3.05) is 59.9 Å². The first-order chi connectivity index (χ1) is 44.3. The van der Waals surface area contributed by atoms with Crippen molar-refractivity contribution < 1.29 is 49.6 Å². The molecule has 10 atom stereocenters. The van der Waals surface area contributed by atoms with Crippen molar-refractivity contribution >= 4 is 17.0 Å². The van der Waals surface area contributed by atoms with E-state index in [9.17, 15) is 30.6 Å². The van der Waals surface area contributed by atoms with Gasteiger partial charge in [0.1, 0.15) is 41.1 Å². The number of aromatic amines is 1. The summed E-state index contributed by atoms with van der Waals surface area (Å²) in [6.45, 7) is 7.64. The number of hydrogen-bond donors (Lipinski definition) is 11. The van der Waals surface area contributed by atoms with Gasteiger partial charge in [-0.25, -0.2) is 0 Å². The van der Waals surface area contributed by atoms with E-state index in [-0.39, 0.29) is 92.9 Å². The topological polar surface area (TPSA) is 222 Å². The average molecular weight is 1230 g/mol. The van der Waals surface area contributed by atoms with Gasteiger partial charge in [0, 0.05) is 85.0 Å². The number of benzene rings is 6. The van der Waals surface area contributed by atoms with E-state index in [1.165, 1.54) is 16.7 Å². The molecule has 3 aliphatic heterocycles. The molecule has 15 nitrogen and oxygen atoms in total. The van der Waals surface area contributed by atoms with Crippen molar-refractivity contribution in [1.82, 2.24) is 26.3 Å². The highest BCUT2D eigenvalue weighted by molar-refractivity contribution is 5.90. The summed E-state index contributed by atoms with van der Waals surface area (Å²) in [7, 11) is 1.86. The van der Waals surface area contributed by atoms with Gasteiger partial charge >= 0.3 is 0 Å². The number of ether oxygens (including phenoxy) is 4. The van der Waals surface area contributed by atoms with Gasteiger partial charge in [-0.15, -0.1) is 0 Å². The minimum absolute atomic E-state index is 0.00662. The SMILES string of the molecule is CNCO[C@]12Cc3c4c(c5c(c3O[C@@H]1c1cc(C[C@H]3CC[C@@H](CO)c6ccccc63)c(O)c(c1)O[C@H](CO)CC#C[C@@H]2NCNC[C@@](C)(O)CC(C)C)CC[C@@H](CO)O5)-c1ccc(O)c2c1[C@@H](C4)[C@@H](c1ccc3[nH]ccc3c1)C(CNCCCc1ccccc1)=C2. The van der Waals surface area contributed by atoms with Crippen molar-refractivity contribution in [3.63, 3.8) is 0 Å². The number of hydrogen-bond acceptors (Lipinski definition) is 14. The minimum Gasteiger partial charge on any atom is -0.507 e. The second-order valence-electron chi connectivity index (χ2n) is 27.1. The first-order valence-electron chi connectivity index (χ1n) is 33.1. The van der Waals surface area contributed by atoms with Crippen molar-refractivity contribution in [1.29, 1.82) is 0 Å². The summed E-state index contributed by atoms with van der Waals surface area (Å²) in [4.78, 5) is 3.42. The second-order valence-corrected chi connectivity index (χ2v) is 27.1. The Labute approximate surface area is 534 Å². The zero-order chi connectivity index (χ0) is 63.0. The van der Waals surface area contributed by atoms with Gasteiger partial charge in [-0.05, 0) is 200 Å². The van der Waals surface area contributed by atoms with E-state index >= 15 is 0 Å². The molecule has 0 spiro atoms. The Morgan fingerprint density at radius 3 is 2.41 bits per heavy atom. The van der Waals surface area contributed by atoms with E-state index in [0.717, 1.165) is 93.2 Å². The minimum atomic E-state index is -1.35. The van der Waals surface area contributed by atoms with Gasteiger partial charge in [-0.3, -0.25) is 10.6 Å². The highest BCUT2D eigenvalue weighted by Crippen LogP contribution is 2.62. The van der Waals surface area contributed by atoms with Crippen LogP contribution in [-0.2, 0) is 36.8 Å². The fraction of sp³-hybridized carbons (Fsp3) is 0.447. The zero-order valence-corrected chi connectivity index (χ0v) is 52.9. The van der Waals surface area contributed by atoms with Gasteiger partial charge in [0.05, 0.1) is 25.5 Å². The number of phenolic OH excluding ortho intramolecular Hbond substituents is 2. The summed E-state index contributed by atoms with van der Waals surface area (Å²) in [5.41, 5.74) is 12.6. The van der Waals surface area contributed by atoms with Gasteiger partial charge in [0.2, 0.25) is 0 Å². The van der Waals surface area contributed by atoms with Crippen LogP contribution in [-0.4, -0.2) is 125 Å². The molecule has 0 amide bonds. The maximum absolute atomic E-state index is 12.6. The lowest BCUT2D eigenvalue weighted by atomic mass is 9.62. The van der Waals surface area contributed by atoms with Crippen LogP contribution in [0.15, 0.2) is 115 Å². The lowest BCUT2D eigenvalue weighted by Gasteiger charge is -2.50. The molecule has 0 saturated carbocycles. The van der Waals surface area contributed by atoms with E-state index < -0.39 is 35.6 Å². The van der Waals surface area contributed by atoms with E-state index in [4.69, 9.17) is 18.9 Å². The maximum atomic E-state index is 12.6. The van der Waals surface area contributed by atoms with Crippen molar-refractivity contribution in [3.05, 3.63) is 176 Å². The van der Waals surface area contributed by atoms with E-state index in [0.29, 0.717) is 67.8 Å². The third-order valence-corrected chi connectivity index (χ3v) is 20.2. The molecule has 0 unspecified atom stereocenters. The van der Waals surface area contributed by atoms with Crippen LogP contribution in [0.3, 0.4) is 0 Å². The summed E-state index contributed by atoms with van der Waals surface area (Å²) in [5, 5.41) is 84.5. The van der Waals surface area contributed by atoms with Gasteiger partial charge in [0.25, 0.3) is 0 Å². The van der Waals surface area contributed by atoms with Gasteiger partial charge in [0.15, 0.2) is 17.6 Å². The molecule has 11 N–H and O–H groups in total. The molecule has 0 radical (unpaired) electrons. The number of aliphatic hydroxyl groups excluding tert-OH is 3. The lowest BCUT2D eigenvalue weighted by Crippen LogP contribution is -2.62. The van der Waals surface area contributed by atoms with E-state index in [2.05, 4.69) is 131 Å². The molecule has 0 fully saturated rings. The number of phenols is 2. The standard InChI is InChI=1S/C76H89N5O10/c1-45(2)36-75(3,87)42-79-43-81-67-18-10-15-54(40-83)89-66-34-52(32-51(71(66)86)30-47-19-20-50(39-82)57-17-9-8-16-56(47)57)74-76(67,88-44-77-4)37-63-60-35-62-68(49-21-25-64-48(31-49)27-29-80-64)53(38-78-28-11-14-46-12-6-5-7-13-46)33-61-65(85)26-24-58(69(61)62)70(60)73-59(72(63)91-74)23-22-55(41-84)90-73/h5-9,12-13,16-17,21,24-27,29,31-34,45,47,50,54-55,62,67-68,74,77-87H,11,14-15,19-20,22-23,28,30,35-44H2,1-4H3/t47-,50+,54+,55+,62+,67+,68+,74-,75+,76+/m1/s1. The van der Waals surface area contributed by atoms with Crippen LogP contribution in [0.4, 0.5) is 0 Å². The first-order valence-corrected chi connectivity index (χ1v) is 33.1. The first kappa shape index (κ1) is 62.6. The number of aromatic nitrogens is 1. The molecule has 1 aromatic heterocycles. The maximum Gasteiger partial charge on any atom is 0.162 e. The molecule has 6 aliphatic rings. The Morgan fingerprint density at radius 2 is 1.62 bits per heavy atom. The number of fused-ring (bicyclic) bond motifs is 13. The summed E-state index contributed by atoms with van der Waals surface area (Å²) in [6, 6.07) is 34.7. The van der Waals surface area contributed by atoms with Crippen LogP contribution < -0.4 is 35.5 Å². The van der Waals surface area contributed by atoms with Crippen molar-refractivity contribution in [2.45, 2.75) is 151 Å². The highest BCUT2D eigenvalue weighted by Gasteiger charge is 2.55. The van der Waals surface area contributed by atoms with Crippen LogP contribution in [0.1, 0.15) is 150 Å². The lowest BCUT2D eigenvalue weighted by molar-refractivity contribution is -0.141. The quantitative estimate of drug-likeness (QED) is 0.0173. The molecule has 3 aliphatic carbocycles. The predicted molar refractivity (Wildman–Crippen MR) is 355 cm³/mol. The molecule has 15 heteroatoms. The summed E-state index contributed by atoms with van der Waals surface area (Å²) >= 11 is 0. The van der Waals surface area contributed by atoms with Crippen molar-refractivity contribution in [2.24, 2.45) is 5.92 Å². The molecular formula is C76H89N5O10. The highest BCUT2D eigenvalue weighted by atomic mass is 16.6. The summed E-state index contributed by atoms with van der Waals surface area (Å²) in [5.74, 6) is 8.83. The number of rotatable bonds is 22. The number of H-pyrrole nitrogens is 1. The van der Waals surface area contributed by atoms with Gasteiger partial charge in [-0.2, -0.15) is 0 Å². The van der Waals surface area contributed by atoms with Crippen molar-refractivity contribution in [3.8, 4) is 51.7 Å². The normalized spacial score (nSPS) is 24.3. The number of aliphatic hydroxyl groups is 4. The van der Waals surface area contributed by atoms with Gasteiger partial charge < -0.3 is 65.2 Å². The van der Waals surface area contributed by atoms with Gasteiger partial charge in [-0.1, -0.05) is 92.4 Å². The molecule has 13 rings (SSSR count). The monoisotopic (exact) mass is 1230 g/mol.